The summed E-state index contributed by atoms with van der Waals surface area (Å²) in [6, 6.07) is 34.7. The monoisotopic (exact) mass is 1020 g/mol. The largest absolute Gasteiger partial charge is 0.147 e. The Bertz CT molecular complexity index is 2220. The number of fused-ring (bicyclic) bond motifs is 2. The molecule has 4 aromatic carbocycles. The fraction of sp³-hybridized carbons (Fsp3) is 0.517. The SMILES string of the molecule is CCCC1(CC2=Cc3c(-c4ccc([Si](C)(C)C)cc4)cccc3[CH]2[Zr]([CH3])([CH3])(=[SiH2])[CH]2C(CC3(CCC)CCCCC3)=Cc3c(-c4ccc([Si](C)(C)C)cc4)cccc32)CCCCC1.Cl.Cl. The third-order valence-corrected chi connectivity index (χ3v) is 38.5. The molecule has 2 saturated carbocycles. The van der Waals surface area contributed by atoms with Crippen molar-refractivity contribution in [1.29, 1.82) is 0 Å². The fourth-order valence-electron chi connectivity index (χ4n) is 14.0. The van der Waals surface area contributed by atoms with Crippen LogP contribution in [0.3, 0.4) is 0 Å². The summed E-state index contributed by atoms with van der Waals surface area (Å²) in [4.78, 5) is 0. The van der Waals surface area contributed by atoms with Gasteiger partial charge in [0.1, 0.15) is 0 Å². The van der Waals surface area contributed by atoms with Gasteiger partial charge in [-0.1, -0.05) is 0 Å². The molecule has 64 heavy (non-hydrogen) atoms. The molecule has 2 atom stereocenters. The second-order valence-electron chi connectivity index (χ2n) is 24.5. The fourth-order valence-corrected chi connectivity index (χ4v) is 36.0. The molecule has 2 fully saturated rings. The van der Waals surface area contributed by atoms with E-state index in [1.165, 1.54) is 125 Å². The summed E-state index contributed by atoms with van der Waals surface area (Å²) in [6.07, 6.45) is 27.7. The first-order valence-corrected chi connectivity index (χ1v) is 46.0. The van der Waals surface area contributed by atoms with E-state index in [9.17, 15) is 0 Å². The summed E-state index contributed by atoms with van der Waals surface area (Å²) < 4.78 is 6.97. The topological polar surface area (TPSA) is 0 Å². The smallest absolute Gasteiger partial charge is 0.147 e. The van der Waals surface area contributed by atoms with Crippen LogP contribution in [0.15, 0.2) is 96.1 Å². The van der Waals surface area contributed by atoms with Crippen molar-refractivity contribution in [3.8, 4) is 22.3 Å². The number of halogens is 2. The molecule has 0 aromatic heterocycles. The molecule has 0 amide bonds. The average Bonchev–Trinajstić information content (AvgIpc) is 3.80. The van der Waals surface area contributed by atoms with Crippen LogP contribution in [0.2, 0.25) is 48.5 Å². The zero-order valence-corrected chi connectivity index (χ0v) is 49.2. The van der Waals surface area contributed by atoms with Crippen molar-refractivity contribution in [2.75, 3.05) is 0 Å². The first kappa shape index (κ1) is 51.9. The Morgan fingerprint density at radius 2 is 0.859 bits per heavy atom. The minimum absolute atomic E-state index is 0. The Balaban J connectivity index is 0.00000340. The van der Waals surface area contributed by atoms with Crippen LogP contribution in [0, 0.1) is 10.8 Å². The van der Waals surface area contributed by atoms with E-state index in [-0.39, 0.29) is 24.8 Å². The van der Waals surface area contributed by atoms with Gasteiger partial charge in [0.2, 0.25) is 0 Å². The maximum atomic E-state index is 2.95. The molecule has 346 valence electrons. The van der Waals surface area contributed by atoms with Crippen LogP contribution >= 0.6 is 24.8 Å². The van der Waals surface area contributed by atoms with E-state index in [0.717, 1.165) is 0 Å². The molecule has 8 rings (SSSR count). The minimum atomic E-state index is -4.00. The molecule has 0 heterocycles. The number of allylic oxidation sites excluding steroid dienone is 2. The van der Waals surface area contributed by atoms with Gasteiger partial charge in [0, 0.05) is 0 Å². The molecule has 0 saturated heterocycles. The van der Waals surface area contributed by atoms with Gasteiger partial charge in [-0.25, -0.2) is 0 Å². The van der Waals surface area contributed by atoms with Gasteiger partial charge in [0.05, 0.1) is 0 Å². The normalized spacial score (nSPS) is 20.6. The van der Waals surface area contributed by atoms with E-state index in [0.29, 0.717) is 18.1 Å². The van der Waals surface area contributed by atoms with Gasteiger partial charge in [-0.2, -0.15) is 0 Å². The average molecular weight is 1030 g/mol. The zero-order valence-electron chi connectivity index (χ0n) is 41.7. The van der Waals surface area contributed by atoms with Crippen LogP contribution in [-0.4, -0.2) is 23.0 Å². The Morgan fingerprint density at radius 1 is 0.516 bits per heavy atom. The maximum Gasteiger partial charge on any atom is -0.147 e. The first-order valence-electron chi connectivity index (χ1n) is 25.3. The summed E-state index contributed by atoms with van der Waals surface area (Å²) >= 11 is -4.00. The number of rotatable bonds is 14. The van der Waals surface area contributed by atoms with Crippen LogP contribution in [0.4, 0.5) is 0 Å². The Labute approximate surface area is 408 Å². The molecule has 4 aromatic rings. The Kier molecular flexibility index (Phi) is 16.1. The molecule has 2 unspecified atom stereocenters. The van der Waals surface area contributed by atoms with Crippen molar-refractivity contribution in [3.63, 3.8) is 0 Å². The van der Waals surface area contributed by atoms with E-state index < -0.39 is 33.5 Å². The first-order chi connectivity index (χ1) is 29.4. The third-order valence-electron chi connectivity index (χ3n) is 16.9. The van der Waals surface area contributed by atoms with Gasteiger partial charge >= 0.3 is 387 Å². The zero-order chi connectivity index (χ0) is 44.2. The third kappa shape index (κ3) is 10.2. The summed E-state index contributed by atoms with van der Waals surface area (Å²) in [6.45, 7) is 22.4. The Hall–Kier alpha value is -1.53. The summed E-state index contributed by atoms with van der Waals surface area (Å²) in [5.41, 5.74) is 16.7. The van der Waals surface area contributed by atoms with Gasteiger partial charge in [0.25, 0.3) is 0 Å². The predicted molar refractivity (Wildman–Crippen MR) is 296 cm³/mol. The van der Waals surface area contributed by atoms with Crippen molar-refractivity contribution in [1.82, 2.24) is 0 Å². The predicted octanol–water partition coefficient (Wildman–Crippen LogP) is 17.1. The van der Waals surface area contributed by atoms with Crippen molar-refractivity contribution in [2.45, 2.75) is 172 Å². The van der Waals surface area contributed by atoms with Gasteiger partial charge in [-0.3, -0.25) is 0 Å². The molecular formula is C58H84Cl2Si3Zr. The standard InChI is InChI=1S/2C28H37Si.2CH3.2ClH.H2Si.Zr/c2*1-5-16-28(17-7-6-8-18-28)21-22-19-24-10-9-11-26(27(24)20-22)23-12-14-25(15-13-23)29(2,3)4;;;;;;/h2*9-15,19-20H,5-8,16-18,21H2,1-4H3;2*1H3;2*1H;1H2;. The molecular weight excluding hydrogens is 943 g/mol. The number of hydrogen-bond acceptors (Lipinski definition) is 0. The molecule has 0 N–H and O–H groups in total. The summed E-state index contributed by atoms with van der Waals surface area (Å²) in [5, 5.41) is 3.11. The van der Waals surface area contributed by atoms with Crippen molar-refractivity contribution < 1.29 is 17.4 Å². The number of hydrogen-bond donors (Lipinski definition) is 0. The van der Waals surface area contributed by atoms with Crippen molar-refractivity contribution in [3.05, 3.63) is 118 Å². The molecule has 0 bridgehead atoms. The molecule has 4 aliphatic rings. The van der Waals surface area contributed by atoms with Crippen LogP contribution in [0.5, 0.6) is 0 Å². The second-order valence-corrected chi connectivity index (χ2v) is 65.1. The van der Waals surface area contributed by atoms with Crippen molar-refractivity contribution >= 4 is 70.4 Å². The molecule has 6 heteroatoms. The number of benzene rings is 4. The van der Waals surface area contributed by atoms with E-state index >= 15 is 0 Å². The van der Waals surface area contributed by atoms with Crippen LogP contribution in [-0.2, 0) is 17.4 Å². The van der Waals surface area contributed by atoms with E-state index in [1.54, 1.807) is 32.6 Å². The molecule has 0 radical (unpaired) electrons. The minimum Gasteiger partial charge on any atom is -0.147 e. The van der Waals surface area contributed by atoms with Crippen LogP contribution in [0.1, 0.15) is 146 Å². The molecule has 0 aliphatic heterocycles. The van der Waals surface area contributed by atoms with Gasteiger partial charge in [0.15, 0.2) is 0 Å². The van der Waals surface area contributed by atoms with Gasteiger partial charge < -0.3 is 0 Å². The molecule has 4 aliphatic carbocycles. The Morgan fingerprint density at radius 3 is 1.17 bits per heavy atom. The van der Waals surface area contributed by atoms with E-state index in [2.05, 4.69) is 166 Å². The van der Waals surface area contributed by atoms with E-state index in [1.807, 2.05) is 11.1 Å². The van der Waals surface area contributed by atoms with Crippen LogP contribution in [0.25, 0.3) is 34.4 Å². The summed E-state index contributed by atoms with van der Waals surface area (Å²) in [5.74, 6) is 0. The maximum absolute atomic E-state index is 4.00. The van der Waals surface area contributed by atoms with E-state index in [4.69, 9.17) is 0 Å². The van der Waals surface area contributed by atoms with Crippen LogP contribution < -0.4 is 10.4 Å². The second kappa shape index (κ2) is 19.8. The summed E-state index contributed by atoms with van der Waals surface area (Å²) in [7, 11) is -2.79. The van der Waals surface area contributed by atoms with Gasteiger partial charge in [-0.05, 0) is 0 Å². The quantitative estimate of drug-likeness (QED) is 0.110. The molecule has 0 spiro atoms. The molecule has 0 nitrogen and oxygen atoms in total. The van der Waals surface area contributed by atoms with Crippen molar-refractivity contribution in [2.24, 2.45) is 10.8 Å². The van der Waals surface area contributed by atoms with Gasteiger partial charge in [-0.15, -0.1) is 24.8 Å².